The van der Waals surface area contributed by atoms with Crippen LogP contribution >= 0.6 is 31.9 Å². The molecule has 0 aromatic heterocycles. The minimum absolute atomic E-state index is 0.285. The zero-order valence-corrected chi connectivity index (χ0v) is 12.0. The van der Waals surface area contributed by atoms with E-state index in [0.717, 1.165) is 14.5 Å². The van der Waals surface area contributed by atoms with Gasteiger partial charge in [-0.1, -0.05) is 50.1 Å². The van der Waals surface area contributed by atoms with E-state index in [-0.39, 0.29) is 5.82 Å². The first-order valence-electron chi connectivity index (χ1n) is 5.04. The molecule has 0 amide bonds. The van der Waals surface area contributed by atoms with Gasteiger partial charge in [-0.25, -0.2) is 4.39 Å². The quantitative estimate of drug-likeness (QED) is 0.845. The first kappa shape index (κ1) is 12.7. The zero-order valence-electron chi connectivity index (χ0n) is 8.83. The number of hydrogen-bond acceptors (Lipinski definition) is 1. The Labute approximate surface area is 116 Å². The molecule has 0 saturated carbocycles. The lowest BCUT2D eigenvalue weighted by molar-refractivity contribution is 0.599. The van der Waals surface area contributed by atoms with E-state index in [1.165, 1.54) is 6.07 Å². The minimum Gasteiger partial charge on any atom is -0.320 e. The summed E-state index contributed by atoms with van der Waals surface area (Å²) >= 11 is 6.82. The molecule has 0 fully saturated rings. The van der Waals surface area contributed by atoms with Crippen LogP contribution in [-0.2, 0) is 0 Å². The topological polar surface area (TPSA) is 26.0 Å². The lowest BCUT2D eigenvalue weighted by atomic mass is 9.99. The van der Waals surface area contributed by atoms with Crippen LogP contribution < -0.4 is 5.73 Å². The second-order valence-corrected chi connectivity index (χ2v) is 5.44. The molecule has 1 atom stereocenters. The Morgan fingerprint density at radius 1 is 1.00 bits per heavy atom. The molecular weight excluding hydrogens is 349 g/mol. The summed E-state index contributed by atoms with van der Waals surface area (Å²) in [4.78, 5) is 0. The summed E-state index contributed by atoms with van der Waals surface area (Å²) in [6, 6.07) is 11.8. The summed E-state index contributed by atoms with van der Waals surface area (Å²) in [6.07, 6.45) is 0. The van der Waals surface area contributed by atoms with Gasteiger partial charge in [-0.3, -0.25) is 0 Å². The Morgan fingerprint density at radius 2 is 1.71 bits per heavy atom. The van der Waals surface area contributed by atoms with E-state index in [9.17, 15) is 4.39 Å². The van der Waals surface area contributed by atoms with Gasteiger partial charge in [-0.2, -0.15) is 0 Å². The predicted molar refractivity (Wildman–Crippen MR) is 74.3 cm³/mol. The molecule has 4 heteroatoms. The van der Waals surface area contributed by atoms with Gasteiger partial charge in [0.05, 0.1) is 6.04 Å². The maximum absolute atomic E-state index is 13.7. The predicted octanol–water partition coefficient (Wildman–Crippen LogP) is 4.40. The summed E-state index contributed by atoms with van der Waals surface area (Å²) in [5, 5.41) is 0. The maximum atomic E-state index is 13.7. The molecule has 1 unspecified atom stereocenters. The Bertz CT molecular complexity index is 543. The Kier molecular flexibility index (Phi) is 3.97. The normalized spacial score (nSPS) is 12.5. The van der Waals surface area contributed by atoms with Crippen LogP contribution in [0.2, 0.25) is 0 Å². The lowest BCUT2D eigenvalue weighted by Crippen LogP contribution is -2.14. The second kappa shape index (κ2) is 5.29. The number of halogens is 3. The van der Waals surface area contributed by atoms with E-state index in [1.54, 1.807) is 18.2 Å². The van der Waals surface area contributed by atoms with Gasteiger partial charge in [-0.15, -0.1) is 0 Å². The molecule has 0 bridgehead atoms. The van der Waals surface area contributed by atoms with Crippen molar-refractivity contribution >= 4 is 31.9 Å². The number of hydrogen-bond donors (Lipinski definition) is 1. The van der Waals surface area contributed by atoms with Crippen molar-refractivity contribution in [2.45, 2.75) is 6.04 Å². The molecule has 0 aliphatic rings. The molecule has 2 aromatic carbocycles. The van der Waals surface area contributed by atoms with Crippen LogP contribution in [0.3, 0.4) is 0 Å². The summed E-state index contributed by atoms with van der Waals surface area (Å²) in [5.41, 5.74) is 7.44. The fourth-order valence-electron chi connectivity index (χ4n) is 1.65. The molecule has 0 saturated heterocycles. The SMILES string of the molecule is NC(c1ccccc1F)c1cc(Br)ccc1Br. The smallest absolute Gasteiger partial charge is 0.128 e. The van der Waals surface area contributed by atoms with E-state index in [4.69, 9.17) is 5.73 Å². The molecule has 17 heavy (non-hydrogen) atoms. The molecule has 2 aromatic rings. The highest BCUT2D eigenvalue weighted by Crippen LogP contribution is 2.30. The molecule has 1 nitrogen and oxygen atoms in total. The Balaban J connectivity index is 2.47. The van der Waals surface area contributed by atoms with Gasteiger partial charge < -0.3 is 5.73 Å². The second-order valence-electron chi connectivity index (χ2n) is 3.67. The van der Waals surface area contributed by atoms with Crippen LogP contribution in [0.4, 0.5) is 4.39 Å². The first-order chi connectivity index (χ1) is 8.09. The fourth-order valence-corrected chi connectivity index (χ4v) is 2.52. The number of nitrogens with two attached hydrogens (primary N) is 1. The van der Waals surface area contributed by atoms with Crippen molar-refractivity contribution in [2.24, 2.45) is 5.73 Å². The molecule has 0 aliphatic heterocycles. The zero-order chi connectivity index (χ0) is 12.4. The van der Waals surface area contributed by atoms with Crippen LogP contribution in [0.5, 0.6) is 0 Å². The summed E-state index contributed by atoms with van der Waals surface area (Å²) in [5.74, 6) is -0.285. The average molecular weight is 359 g/mol. The Hall–Kier alpha value is -0.710. The molecule has 0 radical (unpaired) electrons. The summed E-state index contributed by atoms with van der Waals surface area (Å²) in [7, 11) is 0. The highest BCUT2D eigenvalue weighted by Gasteiger charge is 2.15. The standard InChI is InChI=1S/C13H10Br2FN/c14-8-5-6-11(15)10(7-8)13(17)9-3-1-2-4-12(9)16/h1-7,13H,17H2. The third-order valence-electron chi connectivity index (χ3n) is 2.53. The fraction of sp³-hybridized carbons (Fsp3) is 0.0769. The van der Waals surface area contributed by atoms with Gasteiger partial charge >= 0.3 is 0 Å². The van der Waals surface area contributed by atoms with Crippen molar-refractivity contribution in [1.82, 2.24) is 0 Å². The molecule has 2 rings (SSSR count). The highest BCUT2D eigenvalue weighted by atomic mass is 79.9. The van der Waals surface area contributed by atoms with Crippen LogP contribution in [0, 0.1) is 5.82 Å². The van der Waals surface area contributed by atoms with Crippen molar-refractivity contribution in [3.63, 3.8) is 0 Å². The number of rotatable bonds is 2. The molecule has 0 spiro atoms. The van der Waals surface area contributed by atoms with Gasteiger partial charge in [0.1, 0.15) is 5.82 Å². The lowest BCUT2D eigenvalue weighted by Gasteiger charge is -2.15. The summed E-state index contributed by atoms with van der Waals surface area (Å²) in [6.45, 7) is 0. The van der Waals surface area contributed by atoms with Crippen LogP contribution in [-0.4, -0.2) is 0 Å². The third kappa shape index (κ3) is 2.76. The molecule has 2 N–H and O–H groups in total. The number of benzene rings is 2. The van der Waals surface area contributed by atoms with E-state index in [2.05, 4.69) is 31.9 Å². The minimum atomic E-state index is -0.483. The van der Waals surface area contributed by atoms with Gasteiger partial charge in [0.2, 0.25) is 0 Å². The van der Waals surface area contributed by atoms with E-state index >= 15 is 0 Å². The third-order valence-corrected chi connectivity index (χ3v) is 3.75. The van der Waals surface area contributed by atoms with Crippen molar-refractivity contribution in [1.29, 1.82) is 0 Å². The van der Waals surface area contributed by atoms with Gasteiger partial charge in [0.25, 0.3) is 0 Å². The van der Waals surface area contributed by atoms with Crippen LogP contribution in [0.1, 0.15) is 17.2 Å². The first-order valence-corrected chi connectivity index (χ1v) is 6.63. The summed E-state index contributed by atoms with van der Waals surface area (Å²) < 4.78 is 15.4. The van der Waals surface area contributed by atoms with E-state index in [0.29, 0.717) is 5.56 Å². The molecule has 0 heterocycles. The molecule has 0 aliphatic carbocycles. The van der Waals surface area contributed by atoms with E-state index < -0.39 is 6.04 Å². The monoisotopic (exact) mass is 357 g/mol. The van der Waals surface area contributed by atoms with Crippen molar-refractivity contribution in [3.05, 3.63) is 68.4 Å². The largest absolute Gasteiger partial charge is 0.320 e. The molecule has 88 valence electrons. The van der Waals surface area contributed by atoms with Crippen LogP contribution in [0.25, 0.3) is 0 Å². The van der Waals surface area contributed by atoms with Gasteiger partial charge in [-0.05, 0) is 29.8 Å². The van der Waals surface area contributed by atoms with Crippen molar-refractivity contribution in [2.75, 3.05) is 0 Å². The van der Waals surface area contributed by atoms with Gasteiger partial charge in [0, 0.05) is 14.5 Å². The Morgan fingerprint density at radius 3 is 2.41 bits per heavy atom. The van der Waals surface area contributed by atoms with Crippen LogP contribution in [0.15, 0.2) is 51.4 Å². The molecular formula is C13H10Br2FN. The van der Waals surface area contributed by atoms with Crippen molar-refractivity contribution < 1.29 is 4.39 Å². The maximum Gasteiger partial charge on any atom is 0.128 e. The van der Waals surface area contributed by atoms with E-state index in [1.807, 2.05) is 18.2 Å². The van der Waals surface area contributed by atoms with Gasteiger partial charge in [0.15, 0.2) is 0 Å². The van der Waals surface area contributed by atoms with Crippen molar-refractivity contribution in [3.8, 4) is 0 Å². The highest BCUT2D eigenvalue weighted by molar-refractivity contribution is 9.11. The average Bonchev–Trinajstić information content (AvgIpc) is 2.32.